The second kappa shape index (κ2) is 6.64. The van der Waals surface area contributed by atoms with Gasteiger partial charge >= 0.3 is 5.69 Å². The zero-order valence-electron chi connectivity index (χ0n) is 13.2. The van der Waals surface area contributed by atoms with E-state index in [1.54, 1.807) is 4.90 Å². The highest BCUT2D eigenvalue weighted by Gasteiger charge is 2.24. The molecule has 124 valence electrons. The molecule has 0 aromatic carbocycles. The van der Waals surface area contributed by atoms with Crippen molar-refractivity contribution in [3.05, 3.63) is 38.7 Å². The maximum Gasteiger partial charge on any atom is 0.330 e. The van der Waals surface area contributed by atoms with Gasteiger partial charge in [-0.2, -0.15) is 0 Å². The van der Waals surface area contributed by atoms with Crippen LogP contribution in [-0.4, -0.2) is 38.9 Å². The van der Waals surface area contributed by atoms with Crippen LogP contribution in [0.4, 0.5) is 0 Å². The first-order valence-corrected chi connectivity index (χ1v) is 7.34. The summed E-state index contributed by atoms with van der Waals surface area (Å²) in [5.41, 5.74) is 4.64. The van der Waals surface area contributed by atoms with E-state index in [1.165, 1.54) is 37.0 Å². The third-order valence-corrected chi connectivity index (χ3v) is 4.09. The number of primary amides is 1. The molecule has 0 atom stereocenters. The van der Waals surface area contributed by atoms with E-state index in [2.05, 4.69) is 0 Å². The second-order valence-electron chi connectivity index (χ2n) is 5.68. The quantitative estimate of drug-likeness (QED) is 0.707. The summed E-state index contributed by atoms with van der Waals surface area (Å²) in [6.45, 7) is 0.921. The molecule has 2 amide bonds. The van der Waals surface area contributed by atoms with Crippen LogP contribution in [-0.2, 0) is 23.7 Å². The maximum absolute atomic E-state index is 12.1. The fourth-order valence-corrected chi connectivity index (χ4v) is 2.60. The van der Waals surface area contributed by atoms with Crippen molar-refractivity contribution in [3.8, 4) is 0 Å². The van der Waals surface area contributed by atoms with Crippen LogP contribution in [0.5, 0.6) is 0 Å². The topological polar surface area (TPSA) is 107 Å². The Morgan fingerprint density at radius 1 is 1.22 bits per heavy atom. The SMILES string of the molecule is Cn1cc(C=CC(=O)N2CCC(C(N)=O)CC2)c(=O)n(C)c1=O. The third kappa shape index (κ3) is 3.58. The molecule has 1 aliphatic heterocycles. The molecule has 0 radical (unpaired) electrons. The van der Waals surface area contributed by atoms with Crippen LogP contribution < -0.4 is 17.0 Å². The number of hydrogen-bond donors (Lipinski definition) is 1. The molecule has 0 unspecified atom stereocenters. The minimum Gasteiger partial charge on any atom is -0.369 e. The number of nitrogens with two attached hydrogens (primary N) is 1. The number of piperidine rings is 1. The van der Waals surface area contributed by atoms with Crippen molar-refractivity contribution >= 4 is 17.9 Å². The number of hydrogen-bond acceptors (Lipinski definition) is 4. The molecule has 8 heteroatoms. The third-order valence-electron chi connectivity index (χ3n) is 4.09. The van der Waals surface area contributed by atoms with Crippen LogP contribution in [0.3, 0.4) is 0 Å². The van der Waals surface area contributed by atoms with Crippen LogP contribution >= 0.6 is 0 Å². The average molecular weight is 320 g/mol. The van der Waals surface area contributed by atoms with Gasteiger partial charge in [-0.3, -0.25) is 19.0 Å². The molecule has 1 aromatic heterocycles. The molecule has 1 aromatic rings. The van der Waals surface area contributed by atoms with Crippen LogP contribution in [0.25, 0.3) is 6.08 Å². The lowest BCUT2D eigenvalue weighted by atomic mass is 9.96. The van der Waals surface area contributed by atoms with E-state index in [0.29, 0.717) is 25.9 Å². The molecule has 1 fully saturated rings. The van der Waals surface area contributed by atoms with Gasteiger partial charge in [-0.25, -0.2) is 4.79 Å². The number of nitrogens with zero attached hydrogens (tertiary/aromatic N) is 3. The number of rotatable bonds is 3. The Hall–Kier alpha value is -2.64. The van der Waals surface area contributed by atoms with Crippen molar-refractivity contribution in [2.75, 3.05) is 13.1 Å². The van der Waals surface area contributed by atoms with Crippen molar-refractivity contribution in [2.45, 2.75) is 12.8 Å². The summed E-state index contributed by atoms with van der Waals surface area (Å²) < 4.78 is 2.27. The van der Waals surface area contributed by atoms with E-state index in [0.717, 1.165) is 4.57 Å². The zero-order chi connectivity index (χ0) is 17.1. The van der Waals surface area contributed by atoms with Crippen LogP contribution in [0, 0.1) is 5.92 Å². The summed E-state index contributed by atoms with van der Waals surface area (Å²) in [6.07, 6.45) is 5.22. The highest BCUT2D eigenvalue weighted by molar-refractivity contribution is 5.91. The van der Waals surface area contributed by atoms with E-state index < -0.39 is 11.2 Å². The van der Waals surface area contributed by atoms with Crippen molar-refractivity contribution in [1.82, 2.24) is 14.0 Å². The lowest BCUT2D eigenvalue weighted by Gasteiger charge is -2.29. The highest BCUT2D eigenvalue weighted by atomic mass is 16.2. The van der Waals surface area contributed by atoms with Gasteiger partial charge in [-0.1, -0.05) is 0 Å². The smallest absolute Gasteiger partial charge is 0.330 e. The minimum absolute atomic E-state index is 0.182. The Bertz CT molecular complexity index is 767. The molecular weight excluding hydrogens is 300 g/mol. The van der Waals surface area contributed by atoms with Gasteiger partial charge in [-0.05, 0) is 18.9 Å². The van der Waals surface area contributed by atoms with E-state index in [1.807, 2.05) is 0 Å². The van der Waals surface area contributed by atoms with Gasteiger partial charge in [0.05, 0.1) is 5.56 Å². The van der Waals surface area contributed by atoms with Gasteiger partial charge < -0.3 is 15.2 Å². The molecule has 0 spiro atoms. The Morgan fingerprint density at radius 2 is 1.83 bits per heavy atom. The van der Waals surface area contributed by atoms with E-state index in [9.17, 15) is 19.2 Å². The zero-order valence-corrected chi connectivity index (χ0v) is 13.2. The van der Waals surface area contributed by atoms with Gasteiger partial charge in [0.25, 0.3) is 5.56 Å². The first kappa shape index (κ1) is 16.7. The predicted octanol–water partition coefficient (Wildman–Crippen LogP) is -1.18. The molecule has 1 saturated heterocycles. The largest absolute Gasteiger partial charge is 0.369 e. The van der Waals surface area contributed by atoms with Gasteiger partial charge in [0.2, 0.25) is 11.8 Å². The van der Waals surface area contributed by atoms with Gasteiger partial charge in [0, 0.05) is 45.4 Å². The number of aryl methyl sites for hydroxylation is 1. The molecule has 0 saturated carbocycles. The summed E-state index contributed by atoms with van der Waals surface area (Å²) in [7, 11) is 2.92. The Balaban J connectivity index is 2.10. The van der Waals surface area contributed by atoms with Crippen LogP contribution in [0.15, 0.2) is 21.9 Å². The van der Waals surface area contributed by atoms with E-state index >= 15 is 0 Å². The summed E-state index contributed by atoms with van der Waals surface area (Å²) in [5, 5.41) is 0. The summed E-state index contributed by atoms with van der Waals surface area (Å²) in [6, 6.07) is 0. The molecular formula is C15H20N4O4. The lowest BCUT2D eigenvalue weighted by molar-refractivity contribution is -0.130. The monoisotopic (exact) mass is 320 g/mol. The van der Waals surface area contributed by atoms with Gasteiger partial charge in [0.1, 0.15) is 0 Å². The lowest BCUT2D eigenvalue weighted by Crippen LogP contribution is -2.41. The standard InChI is InChI=1S/C15H20N4O4/c1-17-9-11(14(22)18(2)15(17)23)3-4-12(20)19-7-5-10(6-8-19)13(16)21/h3-4,9-10H,5-8H2,1-2H3,(H2,16,21). The number of aromatic nitrogens is 2. The highest BCUT2D eigenvalue weighted by Crippen LogP contribution is 2.16. The van der Waals surface area contributed by atoms with E-state index in [-0.39, 0.29) is 23.3 Å². The Morgan fingerprint density at radius 3 is 2.39 bits per heavy atom. The first-order chi connectivity index (χ1) is 10.8. The van der Waals surface area contributed by atoms with Gasteiger partial charge in [0.15, 0.2) is 0 Å². The van der Waals surface area contributed by atoms with Crippen molar-refractivity contribution in [3.63, 3.8) is 0 Å². The fourth-order valence-electron chi connectivity index (χ4n) is 2.60. The second-order valence-corrected chi connectivity index (χ2v) is 5.68. The van der Waals surface area contributed by atoms with Gasteiger partial charge in [-0.15, -0.1) is 0 Å². The minimum atomic E-state index is -0.454. The number of likely N-dealkylation sites (tertiary alicyclic amines) is 1. The average Bonchev–Trinajstić information content (AvgIpc) is 2.54. The van der Waals surface area contributed by atoms with Crippen molar-refractivity contribution in [2.24, 2.45) is 25.7 Å². The number of carbonyl (C=O) groups excluding carboxylic acids is 2. The summed E-state index contributed by atoms with van der Waals surface area (Å²) in [4.78, 5) is 48.4. The van der Waals surface area contributed by atoms with Crippen molar-refractivity contribution < 1.29 is 9.59 Å². The molecule has 8 nitrogen and oxygen atoms in total. The maximum atomic E-state index is 12.1. The molecule has 2 heterocycles. The summed E-state index contributed by atoms with van der Waals surface area (Å²) in [5.74, 6) is -0.746. The van der Waals surface area contributed by atoms with Crippen molar-refractivity contribution in [1.29, 1.82) is 0 Å². The normalized spacial score (nSPS) is 16.0. The fraction of sp³-hybridized carbons (Fsp3) is 0.467. The molecule has 1 aliphatic rings. The Labute approximate surface area is 132 Å². The Kier molecular flexibility index (Phi) is 4.83. The predicted molar refractivity (Wildman–Crippen MR) is 84.5 cm³/mol. The number of carbonyl (C=O) groups is 2. The first-order valence-electron chi connectivity index (χ1n) is 7.34. The van der Waals surface area contributed by atoms with Crippen LogP contribution in [0.1, 0.15) is 18.4 Å². The molecule has 2 N–H and O–H groups in total. The molecule has 0 bridgehead atoms. The van der Waals surface area contributed by atoms with E-state index in [4.69, 9.17) is 5.73 Å². The molecule has 2 rings (SSSR count). The van der Waals surface area contributed by atoms with Crippen LogP contribution in [0.2, 0.25) is 0 Å². The summed E-state index contributed by atoms with van der Waals surface area (Å²) >= 11 is 0. The molecule has 23 heavy (non-hydrogen) atoms. The molecule has 0 aliphatic carbocycles. The number of amides is 2.